The Balaban J connectivity index is 2.53. The Morgan fingerprint density at radius 2 is 2.00 bits per heavy atom. The summed E-state index contributed by atoms with van der Waals surface area (Å²) in [4.78, 5) is 22.7. The molecular weight excluding hydrogens is 282 g/mol. The molecule has 0 fully saturated rings. The molecule has 0 saturated carbocycles. The van der Waals surface area contributed by atoms with Gasteiger partial charge in [0.25, 0.3) is 0 Å². The summed E-state index contributed by atoms with van der Waals surface area (Å²) < 4.78 is 5.12. The summed E-state index contributed by atoms with van der Waals surface area (Å²) in [6.45, 7) is 7.61. The van der Waals surface area contributed by atoms with Crippen LogP contribution in [0.2, 0.25) is 0 Å². The number of carboxylic acids is 1. The van der Waals surface area contributed by atoms with Crippen LogP contribution < -0.4 is 5.32 Å². The van der Waals surface area contributed by atoms with E-state index >= 15 is 0 Å². The van der Waals surface area contributed by atoms with Gasteiger partial charge >= 0.3 is 12.1 Å². The van der Waals surface area contributed by atoms with Crippen molar-refractivity contribution in [3.63, 3.8) is 0 Å². The van der Waals surface area contributed by atoms with Crippen molar-refractivity contribution >= 4 is 18.1 Å². The third-order valence-corrected chi connectivity index (χ3v) is 2.80. The first-order chi connectivity index (χ1) is 10.2. The van der Waals surface area contributed by atoms with Crippen molar-refractivity contribution in [2.45, 2.75) is 39.7 Å². The van der Waals surface area contributed by atoms with Gasteiger partial charge in [-0.15, -0.1) is 0 Å². The SMILES string of the molecule is Cc1cccc(C=CCCNC(=O)OC(C)(C)C)c1C(=O)O. The van der Waals surface area contributed by atoms with Crippen LogP contribution in [0.15, 0.2) is 24.3 Å². The summed E-state index contributed by atoms with van der Waals surface area (Å²) in [7, 11) is 0. The summed E-state index contributed by atoms with van der Waals surface area (Å²) in [5.41, 5.74) is 1.17. The summed E-state index contributed by atoms with van der Waals surface area (Å²) >= 11 is 0. The zero-order valence-electron chi connectivity index (χ0n) is 13.5. The molecule has 0 unspecified atom stereocenters. The quantitative estimate of drug-likeness (QED) is 0.815. The number of amides is 1. The van der Waals surface area contributed by atoms with Crippen molar-refractivity contribution in [1.29, 1.82) is 0 Å². The number of carbonyl (C=O) groups excluding carboxylic acids is 1. The van der Waals surface area contributed by atoms with Crippen LogP contribution in [0, 0.1) is 6.92 Å². The smallest absolute Gasteiger partial charge is 0.407 e. The van der Waals surface area contributed by atoms with Gasteiger partial charge in [-0.3, -0.25) is 0 Å². The molecule has 0 heterocycles. The highest BCUT2D eigenvalue weighted by Gasteiger charge is 2.15. The van der Waals surface area contributed by atoms with Gasteiger partial charge < -0.3 is 15.2 Å². The lowest BCUT2D eigenvalue weighted by Gasteiger charge is -2.19. The maximum atomic E-state index is 11.4. The van der Waals surface area contributed by atoms with Crippen LogP contribution in [-0.2, 0) is 4.74 Å². The number of hydrogen-bond donors (Lipinski definition) is 2. The van der Waals surface area contributed by atoms with Gasteiger partial charge in [-0.05, 0) is 45.2 Å². The zero-order valence-corrected chi connectivity index (χ0v) is 13.5. The number of aryl methyl sites for hydroxylation is 1. The minimum Gasteiger partial charge on any atom is -0.478 e. The number of carbonyl (C=O) groups is 2. The van der Waals surface area contributed by atoms with E-state index in [2.05, 4.69) is 5.32 Å². The van der Waals surface area contributed by atoms with E-state index in [4.69, 9.17) is 4.74 Å². The van der Waals surface area contributed by atoms with Crippen LogP contribution in [-0.4, -0.2) is 29.3 Å². The van der Waals surface area contributed by atoms with E-state index in [-0.39, 0.29) is 0 Å². The third kappa shape index (κ3) is 5.99. The van der Waals surface area contributed by atoms with E-state index in [1.54, 1.807) is 45.9 Å². The first kappa shape index (κ1) is 17.8. The lowest BCUT2D eigenvalue weighted by Crippen LogP contribution is -2.32. The predicted molar refractivity (Wildman–Crippen MR) is 86.0 cm³/mol. The maximum Gasteiger partial charge on any atom is 0.407 e. The molecule has 0 aromatic heterocycles. The molecule has 1 aromatic rings. The molecule has 0 bridgehead atoms. The van der Waals surface area contributed by atoms with E-state index in [1.807, 2.05) is 12.1 Å². The van der Waals surface area contributed by atoms with Gasteiger partial charge in [-0.25, -0.2) is 9.59 Å². The fraction of sp³-hybridized carbons (Fsp3) is 0.412. The second kappa shape index (κ2) is 7.64. The largest absolute Gasteiger partial charge is 0.478 e. The summed E-state index contributed by atoms with van der Waals surface area (Å²) in [6, 6.07) is 5.35. The van der Waals surface area contributed by atoms with Crippen molar-refractivity contribution < 1.29 is 19.4 Å². The molecule has 2 N–H and O–H groups in total. The van der Waals surface area contributed by atoms with Crippen molar-refractivity contribution in [3.8, 4) is 0 Å². The topological polar surface area (TPSA) is 75.6 Å². The molecule has 0 saturated heterocycles. The first-order valence-electron chi connectivity index (χ1n) is 7.17. The van der Waals surface area contributed by atoms with E-state index in [0.29, 0.717) is 24.1 Å². The molecule has 0 aliphatic rings. The molecule has 1 amide bonds. The minimum atomic E-state index is -0.940. The molecule has 120 valence electrons. The Labute approximate surface area is 131 Å². The van der Waals surface area contributed by atoms with Crippen LogP contribution >= 0.6 is 0 Å². The monoisotopic (exact) mass is 305 g/mol. The Morgan fingerprint density at radius 1 is 1.32 bits per heavy atom. The Hall–Kier alpha value is -2.30. The molecular formula is C17H23NO4. The molecule has 0 radical (unpaired) electrons. The lowest BCUT2D eigenvalue weighted by molar-refractivity contribution is 0.0528. The van der Waals surface area contributed by atoms with Gasteiger partial charge in [0.05, 0.1) is 5.56 Å². The number of nitrogens with one attached hydrogen (secondary N) is 1. The molecule has 22 heavy (non-hydrogen) atoms. The summed E-state index contributed by atoms with van der Waals surface area (Å²) in [5, 5.41) is 11.9. The number of aromatic carboxylic acids is 1. The number of ether oxygens (including phenoxy) is 1. The second-order valence-corrected chi connectivity index (χ2v) is 5.96. The van der Waals surface area contributed by atoms with Crippen molar-refractivity contribution in [2.24, 2.45) is 0 Å². The Kier molecular flexibility index (Phi) is 6.16. The van der Waals surface area contributed by atoms with Crippen LogP contribution in [0.3, 0.4) is 0 Å². The lowest BCUT2D eigenvalue weighted by atomic mass is 10.0. The van der Waals surface area contributed by atoms with Crippen LogP contribution in [0.4, 0.5) is 4.79 Å². The molecule has 0 spiro atoms. The predicted octanol–water partition coefficient (Wildman–Crippen LogP) is 3.62. The van der Waals surface area contributed by atoms with Gasteiger partial charge in [-0.1, -0.05) is 30.4 Å². The van der Waals surface area contributed by atoms with E-state index in [1.165, 1.54) is 0 Å². The van der Waals surface area contributed by atoms with Crippen LogP contribution in [0.25, 0.3) is 6.08 Å². The highest BCUT2D eigenvalue weighted by atomic mass is 16.6. The Bertz CT molecular complexity index is 571. The second-order valence-electron chi connectivity index (χ2n) is 5.96. The van der Waals surface area contributed by atoms with E-state index < -0.39 is 17.7 Å². The standard InChI is InChI=1S/C17H23NO4/c1-12-8-7-10-13(14(12)15(19)20)9-5-6-11-18-16(21)22-17(2,3)4/h5,7-10H,6,11H2,1-4H3,(H,18,21)(H,19,20). The van der Waals surface area contributed by atoms with Gasteiger partial charge in [0, 0.05) is 6.54 Å². The van der Waals surface area contributed by atoms with Gasteiger partial charge in [0.15, 0.2) is 0 Å². The van der Waals surface area contributed by atoms with Gasteiger partial charge in [0.2, 0.25) is 0 Å². The molecule has 1 rings (SSSR count). The maximum absolute atomic E-state index is 11.4. The average Bonchev–Trinajstić information content (AvgIpc) is 2.35. The molecule has 0 atom stereocenters. The van der Waals surface area contributed by atoms with Crippen LogP contribution in [0.5, 0.6) is 0 Å². The number of alkyl carbamates (subject to hydrolysis) is 1. The highest BCUT2D eigenvalue weighted by molar-refractivity contribution is 5.93. The van der Waals surface area contributed by atoms with E-state index in [9.17, 15) is 14.7 Å². The summed E-state index contributed by atoms with van der Waals surface area (Å²) in [5.74, 6) is -0.940. The minimum absolute atomic E-state index is 0.304. The molecule has 5 heteroatoms. The molecule has 5 nitrogen and oxygen atoms in total. The van der Waals surface area contributed by atoms with E-state index in [0.717, 1.165) is 5.56 Å². The average molecular weight is 305 g/mol. The third-order valence-electron chi connectivity index (χ3n) is 2.80. The number of rotatable bonds is 5. The van der Waals surface area contributed by atoms with Crippen molar-refractivity contribution in [2.75, 3.05) is 6.54 Å². The highest BCUT2D eigenvalue weighted by Crippen LogP contribution is 2.16. The normalized spacial score (nSPS) is 11.5. The number of hydrogen-bond acceptors (Lipinski definition) is 3. The fourth-order valence-electron chi connectivity index (χ4n) is 1.90. The van der Waals surface area contributed by atoms with Gasteiger partial charge in [-0.2, -0.15) is 0 Å². The number of benzene rings is 1. The fourth-order valence-corrected chi connectivity index (χ4v) is 1.90. The summed E-state index contributed by atoms with van der Waals surface area (Å²) in [6.07, 6.45) is 3.72. The van der Waals surface area contributed by atoms with Gasteiger partial charge in [0.1, 0.15) is 5.60 Å². The van der Waals surface area contributed by atoms with Crippen molar-refractivity contribution in [1.82, 2.24) is 5.32 Å². The molecule has 0 aliphatic heterocycles. The first-order valence-corrected chi connectivity index (χ1v) is 7.17. The zero-order chi connectivity index (χ0) is 16.8. The number of carboxylic acid groups (broad SMARTS) is 1. The Morgan fingerprint density at radius 3 is 2.59 bits per heavy atom. The van der Waals surface area contributed by atoms with Crippen molar-refractivity contribution in [3.05, 3.63) is 41.0 Å². The molecule has 1 aromatic carbocycles. The van der Waals surface area contributed by atoms with Crippen LogP contribution in [0.1, 0.15) is 48.7 Å². The molecule has 0 aliphatic carbocycles.